The standard InChI is InChI=1S/C48H26N2/c1-49(2)11-21-23(13-49)33-34-24-14-50(3,4)12-22(24)26-20-10-8-18-16-6-5-15-17-7-9-19-25(21)35-39-31(19)29(17)37-27(15)28(16)38-30(18)32(20)40-36(26)42(34)45(41(33)35)48-46(39)43(37)44(38)47(40)48/h5-10H,11-14H2,1-4H3/q+2. The highest BCUT2D eigenvalue weighted by molar-refractivity contribution is 6.71. The summed E-state index contributed by atoms with van der Waals surface area (Å²) in [5, 5.41) is 47.4. The summed E-state index contributed by atoms with van der Waals surface area (Å²) < 4.78 is 2.07. The van der Waals surface area contributed by atoms with Crippen LogP contribution >= 0.6 is 0 Å². The molecule has 0 aromatic heterocycles. The second-order valence-corrected chi connectivity index (χ2v) is 18.9. The van der Waals surface area contributed by atoms with Crippen molar-refractivity contribution in [3.05, 3.63) is 58.7 Å². The number of quaternary nitrogens is 2. The fraction of sp³-hybridized carbons (Fsp3) is 0.167. The second kappa shape index (κ2) is 5.66. The maximum atomic E-state index is 2.56. The van der Waals surface area contributed by atoms with Gasteiger partial charge in [0.05, 0.1) is 28.2 Å². The van der Waals surface area contributed by atoms with E-state index in [0.29, 0.717) is 0 Å². The summed E-state index contributed by atoms with van der Waals surface area (Å²) in [5.41, 5.74) is 6.64. The Bertz CT molecular complexity index is 3930. The predicted octanol–water partition coefficient (Wildman–Crippen LogP) is 11.9. The lowest BCUT2D eigenvalue weighted by Gasteiger charge is -2.22. The molecule has 0 spiro atoms. The molecule has 0 fully saturated rings. The quantitative estimate of drug-likeness (QED) is 0.116. The van der Waals surface area contributed by atoms with Crippen LogP contribution in [0.2, 0.25) is 0 Å². The van der Waals surface area contributed by atoms with Crippen molar-refractivity contribution in [1.29, 1.82) is 0 Å². The molecular formula is C48H26N2+2. The van der Waals surface area contributed by atoms with Crippen LogP contribution in [0, 0.1) is 0 Å². The molecule has 0 aliphatic carbocycles. The Hall–Kier alpha value is -5.28. The summed E-state index contributed by atoms with van der Waals surface area (Å²) in [5.74, 6) is 0. The fourth-order valence-corrected chi connectivity index (χ4v) is 14.8. The van der Waals surface area contributed by atoms with E-state index in [1.807, 2.05) is 0 Å². The zero-order chi connectivity index (χ0) is 31.7. The summed E-state index contributed by atoms with van der Waals surface area (Å²) in [7, 11) is 9.90. The Morgan fingerprint density at radius 2 is 0.440 bits per heavy atom. The van der Waals surface area contributed by atoms with Crippen LogP contribution in [-0.2, 0) is 26.2 Å². The SMILES string of the molecule is C[N+]1(C)Cc2c(c3c4c5c(c6c7ccc8c9ccc%10c%11ccc%12c2c2c3c3c4c6c4c7c8c6c9c%10c7c%11c%12c2c2c7c6c4c32)C[N+](C)(C)C5)C1. The number of hydrogen-bond donors (Lipinski definition) is 0. The highest BCUT2D eigenvalue weighted by Crippen LogP contribution is 2.69. The van der Waals surface area contributed by atoms with Gasteiger partial charge in [-0.1, -0.05) is 36.4 Å². The van der Waals surface area contributed by atoms with Crippen molar-refractivity contribution in [2.75, 3.05) is 28.2 Å². The van der Waals surface area contributed by atoms with Crippen molar-refractivity contribution >= 4 is 162 Å². The number of rotatable bonds is 0. The van der Waals surface area contributed by atoms with Crippen LogP contribution in [0.1, 0.15) is 22.3 Å². The second-order valence-electron chi connectivity index (χ2n) is 18.9. The van der Waals surface area contributed by atoms with Gasteiger partial charge in [-0.3, -0.25) is 0 Å². The molecule has 0 unspecified atom stereocenters. The molecule has 2 heteroatoms. The maximum absolute atomic E-state index is 2.56. The number of hydrogen-bond acceptors (Lipinski definition) is 0. The van der Waals surface area contributed by atoms with Gasteiger partial charge in [-0.25, -0.2) is 0 Å². The molecule has 0 saturated carbocycles. The van der Waals surface area contributed by atoms with Gasteiger partial charge in [0.1, 0.15) is 26.2 Å². The molecule has 2 aliphatic heterocycles. The molecule has 2 aliphatic rings. The predicted molar refractivity (Wildman–Crippen MR) is 213 cm³/mol. The largest absolute Gasteiger partial charge is 0.321 e. The van der Waals surface area contributed by atoms with Gasteiger partial charge >= 0.3 is 0 Å². The summed E-state index contributed by atoms with van der Waals surface area (Å²) in [4.78, 5) is 0. The van der Waals surface area contributed by atoms with Gasteiger partial charge < -0.3 is 8.97 Å². The first-order chi connectivity index (χ1) is 24.3. The van der Waals surface area contributed by atoms with Crippen LogP contribution in [-0.4, -0.2) is 37.2 Å². The van der Waals surface area contributed by atoms with Crippen molar-refractivity contribution in [3.63, 3.8) is 0 Å². The lowest BCUT2D eigenvalue weighted by molar-refractivity contribution is -0.909. The van der Waals surface area contributed by atoms with E-state index in [1.165, 1.54) is 32.3 Å². The first kappa shape index (κ1) is 22.4. The van der Waals surface area contributed by atoms with Crippen LogP contribution < -0.4 is 0 Å². The van der Waals surface area contributed by atoms with E-state index in [2.05, 4.69) is 64.6 Å². The molecule has 50 heavy (non-hydrogen) atoms. The minimum Gasteiger partial charge on any atom is -0.321 e. The van der Waals surface area contributed by atoms with Crippen LogP contribution in [0.4, 0.5) is 0 Å². The van der Waals surface area contributed by atoms with Crippen molar-refractivity contribution < 1.29 is 8.97 Å². The normalized spacial score (nSPS) is 19.2. The Labute approximate surface area is 282 Å². The zero-order valence-corrected chi connectivity index (χ0v) is 28.2. The molecule has 0 saturated heterocycles. The van der Waals surface area contributed by atoms with Crippen LogP contribution in [0.15, 0.2) is 36.4 Å². The Morgan fingerprint density at radius 1 is 0.240 bits per heavy atom. The van der Waals surface area contributed by atoms with Gasteiger partial charge in [-0.05, 0) is 140 Å². The lowest BCUT2D eigenvalue weighted by atomic mass is 9.89. The van der Waals surface area contributed by atoms with E-state index >= 15 is 0 Å². The van der Waals surface area contributed by atoms with Gasteiger partial charge in [0, 0.05) is 43.8 Å². The van der Waals surface area contributed by atoms with E-state index in [1.54, 1.807) is 152 Å². The van der Waals surface area contributed by atoms with E-state index in [4.69, 9.17) is 0 Å². The number of fused-ring (bicyclic) bond motifs is 11. The Balaban J connectivity index is 1.39. The third-order valence-corrected chi connectivity index (χ3v) is 15.8. The molecule has 2 nitrogen and oxygen atoms in total. The molecule has 226 valence electrons. The van der Waals surface area contributed by atoms with Crippen LogP contribution in [0.25, 0.3) is 162 Å². The Morgan fingerprint density at radius 3 is 0.780 bits per heavy atom. The van der Waals surface area contributed by atoms with Crippen molar-refractivity contribution in [2.24, 2.45) is 0 Å². The molecule has 0 radical (unpaired) electrons. The number of benzene rings is 10. The average molecular weight is 631 g/mol. The molecule has 18 rings (SSSR count). The molecule has 2 heterocycles. The summed E-state index contributed by atoms with van der Waals surface area (Å²) in [6, 6.07) is 15.2. The van der Waals surface area contributed by atoms with Gasteiger partial charge in [-0.2, -0.15) is 0 Å². The average Bonchev–Trinajstić information content (AvgIpc) is 3.93. The zero-order valence-electron chi connectivity index (χ0n) is 28.2. The van der Waals surface area contributed by atoms with E-state index in [-0.39, 0.29) is 0 Å². The summed E-state index contributed by atoms with van der Waals surface area (Å²) >= 11 is 0. The number of nitrogens with zero attached hydrogens (tertiary/aromatic N) is 2. The first-order valence-electron chi connectivity index (χ1n) is 18.7. The molecule has 0 amide bonds. The third-order valence-electron chi connectivity index (χ3n) is 15.8. The van der Waals surface area contributed by atoms with Crippen LogP contribution in [0.5, 0.6) is 0 Å². The van der Waals surface area contributed by atoms with Gasteiger partial charge in [0.15, 0.2) is 0 Å². The molecule has 0 N–H and O–H groups in total. The highest BCUT2D eigenvalue weighted by atomic mass is 15.3. The minimum absolute atomic E-state index is 1.04. The minimum atomic E-state index is 1.04. The lowest BCUT2D eigenvalue weighted by Crippen LogP contribution is -2.32. The first-order valence-corrected chi connectivity index (χ1v) is 18.7. The van der Waals surface area contributed by atoms with Crippen LogP contribution in [0.3, 0.4) is 0 Å². The topological polar surface area (TPSA) is 0 Å². The van der Waals surface area contributed by atoms with E-state index in [9.17, 15) is 0 Å². The monoisotopic (exact) mass is 630 g/mol. The van der Waals surface area contributed by atoms with E-state index in [0.717, 1.165) is 35.1 Å². The van der Waals surface area contributed by atoms with Crippen molar-refractivity contribution in [1.82, 2.24) is 0 Å². The molecule has 16 aromatic carbocycles. The van der Waals surface area contributed by atoms with Gasteiger partial charge in [0.25, 0.3) is 0 Å². The fourth-order valence-electron chi connectivity index (χ4n) is 14.8. The Kier molecular flexibility index (Phi) is 2.54. The summed E-state index contributed by atoms with van der Waals surface area (Å²) in [6.07, 6.45) is 0. The molecule has 16 aromatic rings. The highest BCUT2D eigenvalue weighted by Gasteiger charge is 2.45. The summed E-state index contributed by atoms with van der Waals surface area (Å²) in [6.45, 7) is 4.46. The third kappa shape index (κ3) is 1.63. The molecule has 0 atom stereocenters. The maximum Gasteiger partial charge on any atom is 0.105 e. The van der Waals surface area contributed by atoms with Gasteiger partial charge in [0.2, 0.25) is 0 Å². The van der Waals surface area contributed by atoms with E-state index < -0.39 is 0 Å². The molecule has 0 bridgehead atoms. The van der Waals surface area contributed by atoms with Crippen molar-refractivity contribution in [3.8, 4) is 0 Å². The van der Waals surface area contributed by atoms with Gasteiger partial charge in [-0.15, -0.1) is 0 Å². The van der Waals surface area contributed by atoms with Crippen molar-refractivity contribution in [2.45, 2.75) is 26.2 Å². The smallest absolute Gasteiger partial charge is 0.105 e. The molecular weight excluding hydrogens is 605 g/mol.